The maximum absolute atomic E-state index is 5.03. The summed E-state index contributed by atoms with van der Waals surface area (Å²) in [6.07, 6.45) is 6.41. The lowest BCUT2D eigenvalue weighted by Crippen LogP contribution is -2.35. The van der Waals surface area contributed by atoms with Gasteiger partial charge in [-0.25, -0.2) is 4.98 Å². The predicted octanol–water partition coefficient (Wildman–Crippen LogP) is 4.65. The minimum atomic E-state index is 0.494. The molecule has 0 bridgehead atoms. The van der Waals surface area contributed by atoms with E-state index < -0.39 is 0 Å². The van der Waals surface area contributed by atoms with Gasteiger partial charge in [0.1, 0.15) is 5.82 Å². The van der Waals surface area contributed by atoms with Crippen LogP contribution in [0.5, 0.6) is 0 Å². The molecule has 4 heteroatoms. The van der Waals surface area contributed by atoms with E-state index >= 15 is 0 Å². The van der Waals surface area contributed by atoms with Crippen molar-refractivity contribution in [3.05, 3.63) is 71.9 Å². The lowest BCUT2D eigenvalue weighted by molar-refractivity contribution is 0.192. The summed E-state index contributed by atoms with van der Waals surface area (Å²) in [5.41, 5.74) is 4.77. The molecule has 0 saturated carbocycles. The van der Waals surface area contributed by atoms with Crippen LogP contribution in [-0.4, -0.2) is 32.5 Å². The first-order valence-corrected chi connectivity index (χ1v) is 9.99. The standard InChI is InChI=1S/C23H28N4/c1-3-27-14-12-24-23(27)17-26-13-6-9-20(16-26)22-11-5-10-21(25-22)19-8-4-7-18(2)15-19/h4-5,7-8,10-12,14-15,20H,3,6,9,13,16-17H2,1-2H3/t20-/m1/s1. The van der Waals surface area contributed by atoms with E-state index in [1.165, 1.54) is 35.5 Å². The molecule has 1 atom stereocenters. The molecule has 1 saturated heterocycles. The van der Waals surface area contributed by atoms with E-state index in [1.54, 1.807) is 0 Å². The van der Waals surface area contributed by atoms with Crippen molar-refractivity contribution in [3.8, 4) is 11.3 Å². The van der Waals surface area contributed by atoms with Crippen LogP contribution in [0, 0.1) is 6.92 Å². The average molecular weight is 361 g/mol. The molecule has 2 aromatic heterocycles. The maximum Gasteiger partial charge on any atom is 0.122 e. The van der Waals surface area contributed by atoms with Crippen LogP contribution in [0.25, 0.3) is 11.3 Å². The summed E-state index contributed by atoms with van der Waals surface area (Å²) >= 11 is 0. The zero-order valence-corrected chi connectivity index (χ0v) is 16.3. The number of rotatable bonds is 5. The molecule has 1 aliphatic heterocycles. The Balaban J connectivity index is 1.50. The number of hydrogen-bond donors (Lipinski definition) is 0. The van der Waals surface area contributed by atoms with Crippen molar-refractivity contribution in [3.63, 3.8) is 0 Å². The smallest absolute Gasteiger partial charge is 0.122 e. The van der Waals surface area contributed by atoms with Crippen LogP contribution in [-0.2, 0) is 13.1 Å². The first-order chi connectivity index (χ1) is 13.2. The summed E-state index contributed by atoms with van der Waals surface area (Å²) < 4.78 is 2.24. The molecule has 1 aromatic carbocycles. The molecule has 3 heterocycles. The van der Waals surface area contributed by atoms with Crippen molar-refractivity contribution >= 4 is 0 Å². The van der Waals surface area contributed by atoms with E-state index in [-0.39, 0.29) is 0 Å². The second-order valence-electron chi connectivity index (χ2n) is 7.52. The molecule has 0 radical (unpaired) electrons. The van der Waals surface area contributed by atoms with Gasteiger partial charge in [0.25, 0.3) is 0 Å². The summed E-state index contributed by atoms with van der Waals surface area (Å²) in [4.78, 5) is 12.1. The number of benzene rings is 1. The fraction of sp³-hybridized carbons (Fsp3) is 0.391. The molecule has 27 heavy (non-hydrogen) atoms. The molecule has 4 nitrogen and oxygen atoms in total. The van der Waals surface area contributed by atoms with Gasteiger partial charge >= 0.3 is 0 Å². The minimum Gasteiger partial charge on any atom is -0.334 e. The van der Waals surface area contributed by atoms with Crippen molar-refractivity contribution in [2.45, 2.75) is 45.7 Å². The van der Waals surface area contributed by atoms with Crippen LogP contribution in [0.15, 0.2) is 54.9 Å². The minimum absolute atomic E-state index is 0.494. The first kappa shape index (κ1) is 17.9. The van der Waals surface area contributed by atoms with E-state index in [0.717, 1.165) is 31.9 Å². The quantitative estimate of drug-likeness (QED) is 0.664. The third kappa shape index (κ3) is 4.11. The lowest BCUT2D eigenvalue weighted by atomic mass is 9.93. The zero-order chi connectivity index (χ0) is 18.6. The summed E-state index contributed by atoms with van der Waals surface area (Å²) in [6.45, 7) is 8.41. The highest BCUT2D eigenvalue weighted by Crippen LogP contribution is 2.28. The third-order valence-corrected chi connectivity index (χ3v) is 5.52. The van der Waals surface area contributed by atoms with E-state index in [9.17, 15) is 0 Å². The molecule has 0 N–H and O–H groups in total. The second kappa shape index (κ2) is 8.05. The number of imidazole rings is 1. The van der Waals surface area contributed by atoms with Crippen LogP contribution in [0.1, 0.15) is 42.8 Å². The van der Waals surface area contributed by atoms with E-state index in [1.807, 2.05) is 6.20 Å². The van der Waals surface area contributed by atoms with Crippen molar-refractivity contribution < 1.29 is 0 Å². The first-order valence-electron chi connectivity index (χ1n) is 9.99. The van der Waals surface area contributed by atoms with Gasteiger partial charge in [-0.3, -0.25) is 9.88 Å². The van der Waals surface area contributed by atoms with Gasteiger partial charge in [0.15, 0.2) is 0 Å². The van der Waals surface area contributed by atoms with E-state index in [2.05, 4.69) is 77.0 Å². The summed E-state index contributed by atoms with van der Waals surface area (Å²) in [7, 11) is 0. The number of likely N-dealkylation sites (tertiary alicyclic amines) is 1. The molecular weight excluding hydrogens is 332 g/mol. The molecule has 0 amide bonds. The molecular formula is C23H28N4. The number of hydrogen-bond acceptors (Lipinski definition) is 3. The van der Waals surface area contributed by atoms with Crippen LogP contribution < -0.4 is 0 Å². The third-order valence-electron chi connectivity index (χ3n) is 5.52. The topological polar surface area (TPSA) is 34.0 Å². The Bertz CT molecular complexity index is 899. The van der Waals surface area contributed by atoms with Gasteiger partial charge in [0.05, 0.1) is 12.2 Å². The fourth-order valence-electron chi connectivity index (χ4n) is 4.06. The lowest BCUT2D eigenvalue weighted by Gasteiger charge is -2.32. The predicted molar refractivity (Wildman–Crippen MR) is 110 cm³/mol. The van der Waals surface area contributed by atoms with Gasteiger partial charge < -0.3 is 4.57 Å². The Kier molecular flexibility index (Phi) is 5.35. The number of nitrogens with zero attached hydrogens (tertiary/aromatic N) is 4. The molecule has 4 rings (SSSR count). The Morgan fingerprint density at radius 2 is 2.04 bits per heavy atom. The molecule has 1 fully saturated rings. The molecule has 1 aliphatic rings. The van der Waals surface area contributed by atoms with Crippen LogP contribution in [0.4, 0.5) is 0 Å². The van der Waals surface area contributed by atoms with Gasteiger partial charge in [0.2, 0.25) is 0 Å². The molecule has 3 aromatic rings. The number of piperidine rings is 1. The number of aromatic nitrogens is 3. The SMILES string of the molecule is CCn1ccnc1CN1CCC[C@@H](c2cccc(-c3cccc(C)c3)n2)C1. The molecule has 0 spiro atoms. The highest BCUT2D eigenvalue weighted by molar-refractivity contribution is 5.60. The van der Waals surface area contributed by atoms with Crippen molar-refractivity contribution in [1.82, 2.24) is 19.4 Å². The average Bonchev–Trinajstić information content (AvgIpc) is 3.15. The van der Waals surface area contributed by atoms with Gasteiger partial charge in [0, 0.05) is 42.7 Å². The second-order valence-corrected chi connectivity index (χ2v) is 7.52. The monoisotopic (exact) mass is 360 g/mol. The Morgan fingerprint density at radius 3 is 2.89 bits per heavy atom. The van der Waals surface area contributed by atoms with Gasteiger partial charge in [-0.2, -0.15) is 0 Å². The van der Waals surface area contributed by atoms with Crippen LogP contribution >= 0.6 is 0 Å². The zero-order valence-electron chi connectivity index (χ0n) is 16.3. The van der Waals surface area contributed by atoms with Crippen molar-refractivity contribution in [2.24, 2.45) is 0 Å². The summed E-state index contributed by atoms with van der Waals surface area (Å²) in [5, 5.41) is 0. The summed E-state index contributed by atoms with van der Waals surface area (Å²) in [6, 6.07) is 15.1. The largest absolute Gasteiger partial charge is 0.334 e. The normalized spacial score (nSPS) is 17.9. The molecule has 0 aliphatic carbocycles. The maximum atomic E-state index is 5.03. The Labute approximate surface area is 161 Å². The highest BCUT2D eigenvalue weighted by Gasteiger charge is 2.23. The van der Waals surface area contributed by atoms with Gasteiger partial charge in [-0.05, 0) is 51.4 Å². The van der Waals surface area contributed by atoms with E-state index in [0.29, 0.717) is 5.92 Å². The van der Waals surface area contributed by atoms with Gasteiger partial charge in [-0.1, -0.05) is 29.8 Å². The van der Waals surface area contributed by atoms with Crippen molar-refractivity contribution in [1.29, 1.82) is 0 Å². The summed E-state index contributed by atoms with van der Waals surface area (Å²) in [5.74, 6) is 1.66. The van der Waals surface area contributed by atoms with Crippen LogP contribution in [0.3, 0.4) is 0 Å². The molecule has 140 valence electrons. The van der Waals surface area contributed by atoms with E-state index in [4.69, 9.17) is 4.98 Å². The fourth-order valence-corrected chi connectivity index (χ4v) is 4.06. The number of aryl methyl sites for hydroxylation is 2. The Morgan fingerprint density at radius 1 is 1.15 bits per heavy atom. The Hall–Kier alpha value is -2.46. The van der Waals surface area contributed by atoms with Crippen LogP contribution in [0.2, 0.25) is 0 Å². The molecule has 0 unspecified atom stereocenters. The van der Waals surface area contributed by atoms with Crippen molar-refractivity contribution in [2.75, 3.05) is 13.1 Å². The van der Waals surface area contributed by atoms with Gasteiger partial charge in [-0.15, -0.1) is 0 Å². The highest BCUT2D eigenvalue weighted by atomic mass is 15.2. The number of pyridine rings is 1.